The van der Waals surface area contributed by atoms with Gasteiger partial charge in [-0.15, -0.1) is 10.2 Å². The third-order valence-electron chi connectivity index (χ3n) is 5.50. The van der Waals surface area contributed by atoms with E-state index in [0.29, 0.717) is 19.0 Å². The fraction of sp³-hybridized carbons (Fsp3) is 0.550. The Bertz CT molecular complexity index is 776. The molecule has 0 bridgehead atoms. The molecule has 1 amide bonds. The van der Waals surface area contributed by atoms with Gasteiger partial charge in [0.1, 0.15) is 17.4 Å². The van der Waals surface area contributed by atoms with Crippen molar-refractivity contribution in [3.63, 3.8) is 0 Å². The second-order valence-electron chi connectivity index (χ2n) is 7.46. The molecule has 0 spiro atoms. The molecule has 2 aliphatic rings. The van der Waals surface area contributed by atoms with E-state index in [4.69, 9.17) is 4.74 Å². The number of carbonyl (C=O) groups excluding carboxylic acids is 1. The van der Waals surface area contributed by atoms with Gasteiger partial charge in [0, 0.05) is 38.5 Å². The molecule has 1 atom stereocenters. The maximum Gasteiger partial charge on any atom is 0.260 e. The number of rotatable bonds is 4. The van der Waals surface area contributed by atoms with Crippen LogP contribution in [0.5, 0.6) is 5.75 Å². The number of benzene rings is 1. The third kappa shape index (κ3) is 4.13. The summed E-state index contributed by atoms with van der Waals surface area (Å²) in [6.07, 6.45) is 3.10. The van der Waals surface area contributed by atoms with Crippen LogP contribution in [0.25, 0.3) is 0 Å². The Kier molecular flexibility index (Phi) is 5.38. The number of amides is 1. The summed E-state index contributed by atoms with van der Waals surface area (Å²) in [6, 6.07) is 9.47. The van der Waals surface area contributed by atoms with Crippen LogP contribution >= 0.6 is 0 Å². The van der Waals surface area contributed by atoms with Gasteiger partial charge in [-0.2, -0.15) is 0 Å². The quantitative estimate of drug-likeness (QED) is 0.818. The van der Waals surface area contributed by atoms with Crippen molar-refractivity contribution in [2.75, 3.05) is 39.8 Å². The highest BCUT2D eigenvalue weighted by Gasteiger charge is 2.27. The summed E-state index contributed by atoms with van der Waals surface area (Å²) in [5.41, 5.74) is 0. The Morgan fingerprint density at radius 1 is 1.15 bits per heavy atom. The molecule has 1 unspecified atom stereocenters. The van der Waals surface area contributed by atoms with E-state index < -0.39 is 0 Å². The Balaban J connectivity index is 1.37. The Morgan fingerprint density at radius 3 is 2.81 bits per heavy atom. The summed E-state index contributed by atoms with van der Waals surface area (Å²) >= 11 is 0. The van der Waals surface area contributed by atoms with E-state index >= 15 is 0 Å². The largest absolute Gasteiger partial charge is 0.484 e. The Labute approximate surface area is 159 Å². The normalized spacial score (nSPS) is 20.8. The van der Waals surface area contributed by atoms with Crippen molar-refractivity contribution in [2.24, 2.45) is 0 Å². The predicted molar refractivity (Wildman–Crippen MR) is 102 cm³/mol. The molecular formula is C20H27N5O2. The molecule has 0 radical (unpaired) electrons. The molecule has 27 heavy (non-hydrogen) atoms. The monoisotopic (exact) mass is 369 g/mol. The highest BCUT2D eigenvalue weighted by atomic mass is 16.5. The number of hydrogen-bond acceptors (Lipinski definition) is 5. The molecule has 1 aromatic carbocycles. The standard InChI is InChI=1S/C20H27N5O2/c1-23-10-5-6-16(14-23)20-22-21-18-9-11-24(12-13-25(18)20)19(26)15-27-17-7-3-2-4-8-17/h2-4,7-8,16H,5-6,9-15H2,1H3. The minimum absolute atomic E-state index is 0.0246. The molecule has 7 heteroatoms. The summed E-state index contributed by atoms with van der Waals surface area (Å²) < 4.78 is 7.86. The van der Waals surface area contributed by atoms with Gasteiger partial charge in [0.2, 0.25) is 0 Å². The summed E-state index contributed by atoms with van der Waals surface area (Å²) in [7, 11) is 2.17. The van der Waals surface area contributed by atoms with E-state index in [0.717, 1.165) is 49.9 Å². The topological polar surface area (TPSA) is 63.5 Å². The number of carbonyl (C=O) groups is 1. The molecule has 7 nitrogen and oxygen atoms in total. The molecule has 1 aromatic heterocycles. The first-order chi connectivity index (χ1) is 13.2. The van der Waals surface area contributed by atoms with E-state index in [1.54, 1.807) is 0 Å². The smallest absolute Gasteiger partial charge is 0.260 e. The first kappa shape index (κ1) is 18.0. The fourth-order valence-electron chi connectivity index (χ4n) is 4.03. The molecule has 1 saturated heterocycles. The van der Waals surface area contributed by atoms with E-state index in [2.05, 4.69) is 26.7 Å². The number of fused-ring (bicyclic) bond motifs is 1. The molecule has 0 saturated carbocycles. The molecule has 4 rings (SSSR count). The van der Waals surface area contributed by atoms with Gasteiger partial charge in [0.15, 0.2) is 6.61 Å². The van der Waals surface area contributed by atoms with Crippen LogP contribution in [-0.4, -0.2) is 70.3 Å². The SMILES string of the molecule is CN1CCCC(c2nnc3n2CCN(C(=O)COc2ccccc2)CC3)C1. The number of piperidine rings is 1. The summed E-state index contributed by atoms with van der Waals surface area (Å²) in [6.45, 7) is 4.37. The van der Waals surface area contributed by atoms with Crippen LogP contribution in [0.15, 0.2) is 30.3 Å². The lowest BCUT2D eigenvalue weighted by molar-refractivity contribution is -0.133. The molecule has 2 aromatic rings. The van der Waals surface area contributed by atoms with Gasteiger partial charge in [0.25, 0.3) is 5.91 Å². The second kappa shape index (κ2) is 8.08. The van der Waals surface area contributed by atoms with Crippen molar-refractivity contribution >= 4 is 5.91 Å². The van der Waals surface area contributed by atoms with E-state index in [1.807, 2.05) is 35.2 Å². The number of aromatic nitrogens is 3. The van der Waals surface area contributed by atoms with Crippen LogP contribution in [0.1, 0.15) is 30.4 Å². The van der Waals surface area contributed by atoms with Gasteiger partial charge in [-0.05, 0) is 38.6 Å². The van der Waals surface area contributed by atoms with Crippen molar-refractivity contribution in [3.8, 4) is 5.75 Å². The maximum atomic E-state index is 12.6. The Hall–Kier alpha value is -2.41. The van der Waals surface area contributed by atoms with Crippen LogP contribution in [0.4, 0.5) is 0 Å². The second-order valence-corrected chi connectivity index (χ2v) is 7.46. The molecule has 0 N–H and O–H groups in total. The van der Waals surface area contributed by atoms with Crippen molar-refractivity contribution in [1.29, 1.82) is 0 Å². The van der Waals surface area contributed by atoms with Crippen molar-refractivity contribution in [3.05, 3.63) is 42.0 Å². The van der Waals surface area contributed by atoms with E-state index in [-0.39, 0.29) is 12.5 Å². The van der Waals surface area contributed by atoms with Crippen LogP contribution < -0.4 is 4.74 Å². The van der Waals surface area contributed by atoms with Crippen LogP contribution in [0.3, 0.4) is 0 Å². The number of nitrogens with zero attached hydrogens (tertiary/aromatic N) is 5. The number of hydrogen-bond donors (Lipinski definition) is 0. The summed E-state index contributed by atoms with van der Waals surface area (Å²) in [5, 5.41) is 8.93. The minimum atomic E-state index is 0.0246. The molecular weight excluding hydrogens is 342 g/mol. The molecule has 1 fully saturated rings. The van der Waals surface area contributed by atoms with Gasteiger partial charge < -0.3 is 19.1 Å². The molecule has 0 aliphatic carbocycles. The first-order valence-corrected chi connectivity index (χ1v) is 9.77. The van der Waals surface area contributed by atoms with Crippen molar-refractivity contribution in [1.82, 2.24) is 24.6 Å². The average molecular weight is 369 g/mol. The van der Waals surface area contributed by atoms with Gasteiger partial charge in [0.05, 0.1) is 0 Å². The third-order valence-corrected chi connectivity index (χ3v) is 5.50. The zero-order valence-electron chi connectivity index (χ0n) is 15.9. The number of ether oxygens (including phenoxy) is 1. The lowest BCUT2D eigenvalue weighted by atomic mass is 9.97. The summed E-state index contributed by atoms with van der Waals surface area (Å²) in [5.74, 6) is 3.27. The highest BCUT2D eigenvalue weighted by Crippen LogP contribution is 2.26. The van der Waals surface area contributed by atoms with E-state index in [1.165, 1.54) is 6.42 Å². The number of para-hydroxylation sites is 1. The van der Waals surface area contributed by atoms with Crippen LogP contribution in [-0.2, 0) is 17.8 Å². The van der Waals surface area contributed by atoms with Gasteiger partial charge in [-0.25, -0.2) is 0 Å². The number of likely N-dealkylation sites (tertiary alicyclic amines) is 1. The van der Waals surface area contributed by atoms with Crippen molar-refractivity contribution < 1.29 is 9.53 Å². The Morgan fingerprint density at radius 2 is 2.00 bits per heavy atom. The molecule has 144 valence electrons. The maximum absolute atomic E-state index is 12.6. The zero-order valence-corrected chi connectivity index (χ0v) is 15.9. The van der Waals surface area contributed by atoms with Crippen molar-refractivity contribution in [2.45, 2.75) is 31.7 Å². The zero-order chi connectivity index (χ0) is 18.6. The fourth-order valence-corrected chi connectivity index (χ4v) is 4.03. The summed E-state index contributed by atoms with van der Waals surface area (Å²) in [4.78, 5) is 16.8. The average Bonchev–Trinajstić information content (AvgIpc) is 2.98. The minimum Gasteiger partial charge on any atom is -0.484 e. The van der Waals surface area contributed by atoms with Gasteiger partial charge in [-0.3, -0.25) is 4.79 Å². The highest BCUT2D eigenvalue weighted by molar-refractivity contribution is 5.77. The van der Waals surface area contributed by atoms with E-state index in [9.17, 15) is 4.79 Å². The predicted octanol–water partition coefficient (Wildman–Crippen LogP) is 1.55. The van der Waals surface area contributed by atoms with Gasteiger partial charge >= 0.3 is 0 Å². The lowest BCUT2D eigenvalue weighted by Crippen LogP contribution is -2.37. The van der Waals surface area contributed by atoms with Crippen LogP contribution in [0.2, 0.25) is 0 Å². The number of likely N-dealkylation sites (N-methyl/N-ethyl adjacent to an activating group) is 1. The van der Waals surface area contributed by atoms with Crippen LogP contribution in [0, 0.1) is 0 Å². The lowest BCUT2D eigenvalue weighted by Gasteiger charge is -2.29. The first-order valence-electron chi connectivity index (χ1n) is 9.77. The molecule has 3 heterocycles. The molecule has 2 aliphatic heterocycles. The van der Waals surface area contributed by atoms with Gasteiger partial charge in [-0.1, -0.05) is 18.2 Å².